The lowest BCUT2D eigenvalue weighted by molar-refractivity contribution is 0.146. The summed E-state index contributed by atoms with van der Waals surface area (Å²) in [4.78, 5) is 0. The van der Waals surface area contributed by atoms with Crippen LogP contribution in [-0.4, -0.2) is 20.3 Å². The van der Waals surface area contributed by atoms with Gasteiger partial charge in [-0.1, -0.05) is 38.1 Å². The van der Waals surface area contributed by atoms with Gasteiger partial charge < -0.3 is 9.47 Å². The van der Waals surface area contributed by atoms with Crippen molar-refractivity contribution in [1.29, 1.82) is 0 Å². The Morgan fingerprint density at radius 2 is 1.72 bits per heavy atom. The number of benzene rings is 2. The van der Waals surface area contributed by atoms with E-state index >= 15 is 0 Å². The predicted molar refractivity (Wildman–Crippen MR) is 75.4 cm³/mol. The molecule has 0 unspecified atom stereocenters. The number of rotatable bonds is 5. The van der Waals surface area contributed by atoms with Gasteiger partial charge in [0.05, 0.1) is 6.61 Å². The lowest BCUT2D eigenvalue weighted by Crippen LogP contribution is -2.03. The maximum Gasteiger partial charge on any atom is 0.120 e. The van der Waals surface area contributed by atoms with E-state index in [2.05, 4.69) is 44.2 Å². The van der Waals surface area contributed by atoms with Crippen molar-refractivity contribution in [2.45, 2.75) is 19.8 Å². The fraction of sp³-hybridized carbons (Fsp3) is 0.375. The lowest BCUT2D eigenvalue weighted by Gasteiger charge is -2.09. The van der Waals surface area contributed by atoms with Crippen LogP contribution in [0.3, 0.4) is 0 Å². The quantitative estimate of drug-likeness (QED) is 0.740. The number of hydrogen-bond donors (Lipinski definition) is 0. The largest absolute Gasteiger partial charge is 0.491 e. The van der Waals surface area contributed by atoms with E-state index in [-0.39, 0.29) is 0 Å². The van der Waals surface area contributed by atoms with Gasteiger partial charge in [-0.3, -0.25) is 0 Å². The van der Waals surface area contributed by atoms with Crippen LogP contribution < -0.4 is 4.74 Å². The average molecular weight is 244 g/mol. The first-order valence-electron chi connectivity index (χ1n) is 6.36. The SMILES string of the molecule is COCCOc1ccc2ccc(C(C)C)cc2c1. The zero-order valence-electron chi connectivity index (χ0n) is 11.3. The van der Waals surface area contributed by atoms with Gasteiger partial charge in [0.15, 0.2) is 0 Å². The Morgan fingerprint density at radius 1 is 0.944 bits per heavy atom. The van der Waals surface area contributed by atoms with Gasteiger partial charge in [-0.15, -0.1) is 0 Å². The molecule has 96 valence electrons. The van der Waals surface area contributed by atoms with Crippen LogP contribution in [0.25, 0.3) is 10.8 Å². The highest BCUT2D eigenvalue weighted by Crippen LogP contribution is 2.25. The molecule has 0 saturated carbocycles. The minimum Gasteiger partial charge on any atom is -0.491 e. The zero-order chi connectivity index (χ0) is 13.0. The molecule has 2 aromatic carbocycles. The molecule has 0 fully saturated rings. The van der Waals surface area contributed by atoms with Gasteiger partial charge in [-0.25, -0.2) is 0 Å². The third kappa shape index (κ3) is 3.02. The summed E-state index contributed by atoms with van der Waals surface area (Å²) in [6.45, 7) is 5.62. The van der Waals surface area contributed by atoms with E-state index in [1.165, 1.54) is 16.3 Å². The van der Waals surface area contributed by atoms with Crippen molar-refractivity contribution in [3.63, 3.8) is 0 Å². The van der Waals surface area contributed by atoms with Gasteiger partial charge in [0, 0.05) is 7.11 Å². The molecule has 0 saturated heterocycles. The predicted octanol–water partition coefficient (Wildman–Crippen LogP) is 3.99. The average Bonchev–Trinajstić information content (AvgIpc) is 2.38. The molecule has 0 atom stereocenters. The zero-order valence-corrected chi connectivity index (χ0v) is 11.3. The van der Waals surface area contributed by atoms with Gasteiger partial charge in [-0.05, 0) is 34.4 Å². The summed E-state index contributed by atoms with van der Waals surface area (Å²) in [6, 6.07) is 12.8. The van der Waals surface area contributed by atoms with Crippen molar-refractivity contribution >= 4 is 10.8 Å². The summed E-state index contributed by atoms with van der Waals surface area (Å²) in [6.07, 6.45) is 0. The van der Waals surface area contributed by atoms with E-state index in [0.717, 1.165) is 5.75 Å². The van der Waals surface area contributed by atoms with E-state index in [4.69, 9.17) is 9.47 Å². The Kier molecular flexibility index (Phi) is 4.21. The van der Waals surface area contributed by atoms with E-state index in [9.17, 15) is 0 Å². The van der Waals surface area contributed by atoms with Crippen molar-refractivity contribution in [1.82, 2.24) is 0 Å². The van der Waals surface area contributed by atoms with Crippen molar-refractivity contribution in [3.8, 4) is 5.75 Å². The van der Waals surface area contributed by atoms with Gasteiger partial charge in [0.25, 0.3) is 0 Å². The number of ether oxygens (including phenoxy) is 2. The molecule has 0 N–H and O–H groups in total. The second kappa shape index (κ2) is 5.87. The minimum absolute atomic E-state index is 0.549. The number of methoxy groups -OCH3 is 1. The van der Waals surface area contributed by atoms with Crippen molar-refractivity contribution in [2.24, 2.45) is 0 Å². The second-order valence-corrected chi connectivity index (χ2v) is 4.76. The molecule has 0 heterocycles. The van der Waals surface area contributed by atoms with Gasteiger partial charge in [0.2, 0.25) is 0 Å². The molecule has 0 aliphatic carbocycles. The van der Waals surface area contributed by atoms with E-state index < -0.39 is 0 Å². The summed E-state index contributed by atoms with van der Waals surface area (Å²) < 4.78 is 10.6. The van der Waals surface area contributed by atoms with Crippen molar-refractivity contribution in [2.75, 3.05) is 20.3 Å². The van der Waals surface area contributed by atoms with Crippen LogP contribution in [0.15, 0.2) is 36.4 Å². The Morgan fingerprint density at radius 3 is 2.44 bits per heavy atom. The summed E-state index contributed by atoms with van der Waals surface area (Å²) in [5, 5.41) is 2.48. The number of hydrogen-bond acceptors (Lipinski definition) is 2. The van der Waals surface area contributed by atoms with Crippen molar-refractivity contribution < 1.29 is 9.47 Å². The van der Waals surface area contributed by atoms with Crippen LogP contribution in [-0.2, 0) is 4.74 Å². The minimum atomic E-state index is 0.549. The molecule has 0 aliphatic rings. The fourth-order valence-corrected chi connectivity index (χ4v) is 1.94. The maximum absolute atomic E-state index is 5.63. The molecular weight excluding hydrogens is 224 g/mol. The van der Waals surface area contributed by atoms with Gasteiger partial charge in [0.1, 0.15) is 12.4 Å². The van der Waals surface area contributed by atoms with E-state index in [1.807, 2.05) is 6.07 Å². The van der Waals surface area contributed by atoms with Crippen LogP contribution >= 0.6 is 0 Å². The second-order valence-electron chi connectivity index (χ2n) is 4.76. The van der Waals surface area contributed by atoms with E-state index in [0.29, 0.717) is 19.1 Å². The molecule has 0 aromatic heterocycles. The molecule has 0 radical (unpaired) electrons. The van der Waals surface area contributed by atoms with Crippen LogP contribution in [0.4, 0.5) is 0 Å². The molecule has 0 spiro atoms. The molecule has 0 amide bonds. The van der Waals surface area contributed by atoms with Crippen LogP contribution in [0, 0.1) is 0 Å². The standard InChI is InChI=1S/C16H20O2/c1-12(2)14-5-4-13-6-7-16(11-15(13)10-14)18-9-8-17-3/h4-7,10-12H,8-9H2,1-3H3. The lowest BCUT2D eigenvalue weighted by atomic mass is 9.99. The Hall–Kier alpha value is -1.54. The summed E-state index contributed by atoms with van der Waals surface area (Å²) in [5.74, 6) is 1.45. The van der Waals surface area contributed by atoms with Crippen molar-refractivity contribution in [3.05, 3.63) is 42.0 Å². The molecule has 0 bridgehead atoms. The third-order valence-corrected chi connectivity index (χ3v) is 3.06. The highest BCUT2D eigenvalue weighted by molar-refractivity contribution is 5.84. The monoisotopic (exact) mass is 244 g/mol. The molecule has 2 rings (SSSR count). The first-order valence-corrected chi connectivity index (χ1v) is 6.36. The van der Waals surface area contributed by atoms with Crippen LogP contribution in [0.2, 0.25) is 0 Å². The fourth-order valence-electron chi connectivity index (χ4n) is 1.94. The van der Waals surface area contributed by atoms with Gasteiger partial charge >= 0.3 is 0 Å². The normalized spacial score (nSPS) is 11.1. The molecule has 2 nitrogen and oxygen atoms in total. The highest BCUT2D eigenvalue weighted by atomic mass is 16.5. The van der Waals surface area contributed by atoms with Crippen LogP contribution in [0.5, 0.6) is 5.75 Å². The molecular formula is C16H20O2. The molecule has 2 heteroatoms. The first-order chi connectivity index (χ1) is 8.70. The Bertz CT molecular complexity index is 517. The molecule has 18 heavy (non-hydrogen) atoms. The summed E-state index contributed by atoms with van der Waals surface area (Å²) in [5.41, 5.74) is 1.36. The van der Waals surface area contributed by atoms with Crippen LogP contribution in [0.1, 0.15) is 25.3 Å². The summed E-state index contributed by atoms with van der Waals surface area (Å²) >= 11 is 0. The highest BCUT2D eigenvalue weighted by Gasteiger charge is 2.02. The summed E-state index contributed by atoms with van der Waals surface area (Å²) in [7, 11) is 1.68. The maximum atomic E-state index is 5.63. The third-order valence-electron chi connectivity index (χ3n) is 3.06. The molecule has 2 aromatic rings. The topological polar surface area (TPSA) is 18.5 Å². The van der Waals surface area contributed by atoms with E-state index in [1.54, 1.807) is 7.11 Å². The Labute approximate surface area is 109 Å². The first kappa shape index (κ1) is 12.9. The smallest absolute Gasteiger partial charge is 0.120 e. The Balaban J connectivity index is 2.25. The van der Waals surface area contributed by atoms with Gasteiger partial charge in [-0.2, -0.15) is 0 Å². The number of fused-ring (bicyclic) bond motifs is 1. The molecule has 0 aliphatic heterocycles.